The monoisotopic (exact) mass is 518 g/mol. The Bertz CT molecular complexity index is 1500. The van der Waals surface area contributed by atoms with Gasteiger partial charge in [-0.1, -0.05) is 0 Å². The molecule has 0 bridgehead atoms. The van der Waals surface area contributed by atoms with Gasteiger partial charge in [-0.3, -0.25) is 19.1 Å². The van der Waals surface area contributed by atoms with Crippen LogP contribution >= 0.6 is 11.3 Å². The van der Waals surface area contributed by atoms with Crippen LogP contribution in [0.25, 0.3) is 21.1 Å². The molecule has 2 fully saturated rings. The van der Waals surface area contributed by atoms with Crippen molar-refractivity contribution in [3.63, 3.8) is 0 Å². The molecule has 6 rings (SSSR count). The van der Waals surface area contributed by atoms with Crippen LogP contribution in [0, 0.1) is 12.8 Å². The molecule has 9 heteroatoms. The molecule has 0 unspecified atom stereocenters. The molecule has 2 atom stereocenters. The summed E-state index contributed by atoms with van der Waals surface area (Å²) in [5.41, 5.74) is 4.38. The van der Waals surface area contributed by atoms with Crippen LogP contribution < -0.4 is 5.32 Å². The zero-order chi connectivity index (χ0) is 25.7. The van der Waals surface area contributed by atoms with E-state index >= 15 is 0 Å². The predicted molar refractivity (Wildman–Crippen MR) is 145 cm³/mol. The van der Waals surface area contributed by atoms with Gasteiger partial charge < -0.3 is 20.1 Å². The first-order valence-corrected chi connectivity index (χ1v) is 13.5. The fourth-order valence-electron chi connectivity index (χ4n) is 5.33. The Morgan fingerprint density at radius 2 is 2.05 bits per heavy atom. The topological polar surface area (TPSA) is 96.7 Å². The van der Waals surface area contributed by atoms with Crippen molar-refractivity contribution in [1.29, 1.82) is 0 Å². The van der Waals surface area contributed by atoms with Crippen molar-refractivity contribution in [2.45, 2.75) is 44.8 Å². The second-order valence-electron chi connectivity index (χ2n) is 10.1. The fourth-order valence-corrected chi connectivity index (χ4v) is 6.37. The predicted octanol–water partition coefficient (Wildman–Crippen LogP) is 4.97. The number of nitrogens with one attached hydrogen (secondary N) is 1. The molecule has 37 heavy (non-hydrogen) atoms. The number of amides is 1. The number of thiophene rings is 1. The van der Waals surface area contributed by atoms with Crippen molar-refractivity contribution >= 4 is 55.6 Å². The van der Waals surface area contributed by atoms with Crippen LogP contribution in [-0.2, 0) is 4.74 Å². The fraction of sp³-hybridized carbons (Fsp3) is 0.393. The molecule has 1 aliphatic carbocycles. The summed E-state index contributed by atoms with van der Waals surface area (Å²) < 4.78 is 8.16. The van der Waals surface area contributed by atoms with Crippen molar-refractivity contribution in [3.8, 4) is 0 Å². The molecule has 1 aromatic carbocycles. The summed E-state index contributed by atoms with van der Waals surface area (Å²) in [5, 5.41) is 14.3. The third kappa shape index (κ3) is 4.52. The van der Waals surface area contributed by atoms with E-state index in [0.29, 0.717) is 30.2 Å². The third-order valence-electron chi connectivity index (χ3n) is 7.48. The van der Waals surface area contributed by atoms with Crippen molar-refractivity contribution in [1.82, 2.24) is 14.5 Å². The highest BCUT2D eigenvalue weighted by molar-refractivity contribution is 7.21. The molecule has 0 spiro atoms. The van der Waals surface area contributed by atoms with Crippen LogP contribution in [0.3, 0.4) is 0 Å². The average molecular weight is 519 g/mol. The first kappa shape index (κ1) is 24.1. The van der Waals surface area contributed by atoms with Gasteiger partial charge in [-0.15, -0.1) is 11.3 Å². The Balaban J connectivity index is 1.27. The molecule has 1 amide bonds. The Morgan fingerprint density at radius 1 is 1.22 bits per heavy atom. The van der Waals surface area contributed by atoms with Gasteiger partial charge in [-0.05, 0) is 68.5 Å². The summed E-state index contributed by atoms with van der Waals surface area (Å²) >= 11 is 1.40. The number of aliphatic hydroxyl groups is 1. The zero-order valence-corrected chi connectivity index (χ0v) is 21.8. The summed E-state index contributed by atoms with van der Waals surface area (Å²) in [7, 11) is 1.63. The number of benzene rings is 1. The Labute approximate surface area is 218 Å². The van der Waals surface area contributed by atoms with E-state index in [4.69, 9.17) is 4.74 Å². The smallest absolute Gasteiger partial charge is 0.264 e. The van der Waals surface area contributed by atoms with Crippen LogP contribution in [0.15, 0.2) is 42.6 Å². The average Bonchev–Trinajstić information content (AvgIpc) is 3.30. The van der Waals surface area contributed by atoms with Crippen molar-refractivity contribution in [2.24, 2.45) is 5.92 Å². The number of rotatable bonds is 7. The molecule has 0 radical (unpaired) electrons. The largest absolute Gasteiger partial charge is 0.394 e. The van der Waals surface area contributed by atoms with E-state index < -0.39 is 0 Å². The Hall–Kier alpha value is -3.27. The number of methoxy groups -OCH3 is 1. The quantitative estimate of drug-likeness (QED) is 0.359. The summed E-state index contributed by atoms with van der Waals surface area (Å²) in [4.78, 5) is 32.9. The molecule has 192 valence electrons. The zero-order valence-electron chi connectivity index (χ0n) is 20.9. The minimum atomic E-state index is -0.244. The van der Waals surface area contributed by atoms with Crippen LogP contribution in [0.5, 0.6) is 0 Å². The number of aryl methyl sites for hydroxylation is 1. The van der Waals surface area contributed by atoms with Gasteiger partial charge in [0.2, 0.25) is 5.91 Å². The lowest BCUT2D eigenvalue weighted by atomic mass is 10.2. The van der Waals surface area contributed by atoms with Crippen LogP contribution in [-0.4, -0.2) is 63.8 Å². The van der Waals surface area contributed by atoms with Crippen molar-refractivity contribution in [3.05, 3.63) is 53.2 Å². The molecule has 1 aliphatic heterocycles. The van der Waals surface area contributed by atoms with Gasteiger partial charge in [0.25, 0.3) is 5.91 Å². The summed E-state index contributed by atoms with van der Waals surface area (Å²) in [5.74, 6) is 0.602. The number of carbonyl (C=O) groups is 2. The number of carbonyl (C=O) groups excluding carboxylic acids is 2. The maximum absolute atomic E-state index is 13.3. The van der Waals surface area contributed by atoms with E-state index in [0.717, 1.165) is 51.0 Å². The number of hydrogen-bond acceptors (Lipinski definition) is 7. The highest BCUT2D eigenvalue weighted by Crippen LogP contribution is 2.36. The molecule has 2 N–H and O–H groups in total. The second-order valence-corrected chi connectivity index (χ2v) is 11.2. The maximum atomic E-state index is 13.3. The lowest BCUT2D eigenvalue weighted by molar-refractivity contribution is 0.0652. The van der Waals surface area contributed by atoms with E-state index in [-0.39, 0.29) is 30.6 Å². The SMILES string of the molecule is CO[C@@H]1C[C@@H](CO)N(C(=O)c2cc3nccc(Nc4ccc5c(c4)cc(C)n5C(=O)CC4CC4)c3s2)C1. The molecule has 4 aromatic rings. The minimum absolute atomic E-state index is 0.0664. The van der Waals surface area contributed by atoms with Gasteiger partial charge in [0.05, 0.1) is 45.1 Å². The number of pyridine rings is 1. The van der Waals surface area contributed by atoms with Crippen LogP contribution in [0.1, 0.15) is 45.8 Å². The van der Waals surface area contributed by atoms with Gasteiger partial charge in [-0.25, -0.2) is 0 Å². The molecule has 3 aromatic heterocycles. The standard InChI is InChI=1S/C28H30N4O4S/c1-16-9-18-11-19(5-6-24(18)32(16)26(34)10-17-3-4-17)30-22-7-8-29-23-13-25(37-27(22)23)28(35)31-14-21(36-2)12-20(31)15-33/h5-9,11,13,17,20-21,33H,3-4,10,12,14-15H2,1-2H3,(H,29,30)/t20-,21+/m0/s1. The lowest BCUT2D eigenvalue weighted by Gasteiger charge is -2.21. The van der Waals surface area contributed by atoms with Gasteiger partial charge in [0, 0.05) is 43.0 Å². The van der Waals surface area contributed by atoms with Crippen molar-refractivity contribution in [2.75, 3.05) is 25.6 Å². The van der Waals surface area contributed by atoms with Crippen molar-refractivity contribution < 1.29 is 19.4 Å². The third-order valence-corrected chi connectivity index (χ3v) is 8.62. The number of likely N-dealkylation sites (tertiary alicyclic amines) is 1. The van der Waals surface area contributed by atoms with E-state index in [1.54, 1.807) is 18.2 Å². The normalized spacial score (nSPS) is 19.7. The number of aliphatic hydroxyl groups excluding tert-OH is 1. The Morgan fingerprint density at radius 3 is 2.81 bits per heavy atom. The van der Waals surface area contributed by atoms with E-state index in [2.05, 4.69) is 22.4 Å². The molecular weight excluding hydrogens is 488 g/mol. The first-order valence-electron chi connectivity index (χ1n) is 12.7. The molecular formula is C28H30N4O4S. The van der Waals surface area contributed by atoms with Crippen LogP contribution in [0.4, 0.5) is 11.4 Å². The molecule has 1 saturated heterocycles. The number of hydrogen-bond donors (Lipinski definition) is 2. The molecule has 1 saturated carbocycles. The van der Waals surface area contributed by atoms with Gasteiger partial charge >= 0.3 is 0 Å². The van der Waals surface area contributed by atoms with Gasteiger partial charge in [-0.2, -0.15) is 0 Å². The summed E-state index contributed by atoms with van der Waals surface area (Å²) in [6.07, 6.45) is 5.22. The van der Waals surface area contributed by atoms with E-state index in [9.17, 15) is 14.7 Å². The highest BCUT2D eigenvalue weighted by Gasteiger charge is 2.36. The summed E-state index contributed by atoms with van der Waals surface area (Å²) in [6.45, 7) is 2.36. The summed E-state index contributed by atoms with van der Waals surface area (Å²) in [6, 6.07) is 11.6. The van der Waals surface area contributed by atoms with Gasteiger partial charge in [0.1, 0.15) is 0 Å². The minimum Gasteiger partial charge on any atom is -0.394 e. The number of ether oxygens (including phenoxy) is 1. The number of nitrogens with zero attached hydrogens (tertiary/aromatic N) is 3. The van der Waals surface area contributed by atoms with E-state index in [1.807, 2.05) is 35.8 Å². The number of fused-ring (bicyclic) bond motifs is 2. The molecule has 2 aliphatic rings. The molecule has 8 nitrogen and oxygen atoms in total. The van der Waals surface area contributed by atoms with E-state index in [1.165, 1.54) is 11.3 Å². The number of aromatic nitrogens is 2. The lowest BCUT2D eigenvalue weighted by Crippen LogP contribution is -2.37. The highest BCUT2D eigenvalue weighted by atomic mass is 32.1. The Kier molecular flexibility index (Phi) is 6.22. The molecule has 4 heterocycles. The first-order chi connectivity index (χ1) is 17.9. The number of anilines is 2. The maximum Gasteiger partial charge on any atom is 0.264 e. The van der Waals surface area contributed by atoms with Crippen LogP contribution in [0.2, 0.25) is 0 Å². The van der Waals surface area contributed by atoms with Gasteiger partial charge in [0.15, 0.2) is 0 Å². The second kappa shape index (κ2) is 9.55.